The molecule has 0 atom stereocenters. The minimum absolute atomic E-state index is 0.197. The Morgan fingerprint density at radius 1 is 1.08 bits per heavy atom. The molecule has 9 heteroatoms. The third-order valence-electron chi connectivity index (χ3n) is 6.57. The number of nitro benzene ring substituents is 1. The maximum atomic E-state index is 13.6. The van der Waals surface area contributed by atoms with Gasteiger partial charge in [-0.25, -0.2) is 4.98 Å². The molecule has 5 rings (SSSR count). The van der Waals surface area contributed by atoms with Crippen molar-refractivity contribution in [3.05, 3.63) is 105 Å². The van der Waals surface area contributed by atoms with E-state index in [0.29, 0.717) is 34.5 Å². The van der Waals surface area contributed by atoms with Gasteiger partial charge in [-0.2, -0.15) is 5.10 Å². The lowest BCUT2D eigenvalue weighted by atomic mass is 10.0. The van der Waals surface area contributed by atoms with E-state index in [2.05, 4.69) is 10.4 Å². The number of ether oxygens (including phenoxy) is 1. The lowest BCUT2D eigenvalue weighted by Crippen LogP contribution is -2.13. The number of benzene rings is 3. The number of aryl methyl sites for hydroxylation is 3. The summed E-state index contributed by atoms with van der Waals surface area (Å²) in [5.41, 5.74) is 5.46. The van der Waals surface area contributed by atoms with Crippen LogP contribution in [0.25, 0.3) is 22.2 Å². The lowest BCUT2D eigenvalue weighted by Gasteiger charge is -2.14. The molecule has 0 aliphatic carbocycles. The highest BCUT2D eigenvalue weighted by Crippen LogP contribution is 2.33. The van der Waals surface area contributed by atoms with Crippen molar-refractivity contribution in [2.45, 2.75) is 34.2 Å². The number of nitrogens with one attached hydrogen (secondary N) is 1. The van der Waals surface area contributed by atoms with Crippen LogP contribution in [-0.2, 0) is 6.54 Å². The van der Waals surface area contributed by atoms with Crippen LogP contribution in [0.4, 0.5) is 11.4 Å². The van der Waals surface area contributed by atoms with Crippen LogP contribution in [0.3, 0.4) is 0 Å². The standard InChI is InChI=1S/C30H27N5O4/c1-5-34-17-21(16-31-34)28-15-26(25-8-6-7-9-27(25)33-28)30(36)32-22-12-23(35(37)38)14-24(13-22)39-29-11-18(2)10-19(3)20(29)4/h6-17H,5H2,1-4H3,(H,32,36). The van der Waals surface area contributed by atoms with E-state index in [1.807, 2.05) is 70.3 Å². The van der Waals surface area contributed by atoms with Gasteiger partial charge in [0.25, 0.3) is 11.6 Å². The van der Waals surface area contributed by atoms with Crippen molar-refractivity contribution >= 4 is 28.2 Å². The van der Waals surface area contributed by atoms with Crippen LogP contribution < -0.4 is 10.1 Å². The van der Waals surface area contributed by atoms with Crippen molar-refractivity contribution in [2.75, 3.05) is 5.32 Å². The monoisotopic (exact) mass is 521 g/mol. The molecule has 3 aromatic carbocycles. The number of fused-ring (bicyclic) bond motifs is 1. The normalized spacial score (nSPS) is 11.0. The second kappa shape index (κ2) is 10.4. The van der Waals surface area contributed by atoms with E-state index >= 15 is 0 Å². The predicted octanol–water partition coefficient (Wildman–Crippen LogP) is 7.00. The molecule has 0 spiro atoms. The van der Waals surface area contributed by atoms with Gasteiger partial charge < -0.3 is 10.1 Å². The largest absolute Gasteiger partial charge is 0.457 e. The first kappa shape index (κ1) is 25.6. The average Bonchev–Trinajstić information content (AvgIpc) is 3.40. The number of anilines is 1. The number of hydrogen-bond donors (Lipinski definition) is 1. The van der Waals surface area contributed by atoms with Crippen molar-refractivity contribution in [2.24, 2.45) is 0 Å². The first-order chi connectivity index (χ1) is 18.7. The highest BCUT2D eigenvalue weighted by Gasteiger charge is 2.18. The summed E-state index contributed by atoms with van der Waals surface area (Å²) in [6.07, 6.45) is 3.58. The SMILES string of the molecule is CCn1cc(-c2cc(C(=O)Nc3cc(Oc4cc(C)cc(C)c4C)cc([N+](=O)[O-])c3)c3ccccc3n2)cn1. The molecule has 39 heavy (non-hydrogen) atoms. The molecule has 1 N–H and O–H groups in total. The van der Waals surface area contributed by atoms with Gasteiger partial charge >= 0.3 is 0 Å². The third-order valence-corrected chi connectivity index (χ3v) is 6.57. The van der Waals surface area contributed by atoms with E-state index in [-0.39, 0.29) is 17.1 Å². The van der Waals surface area contributed by atoms with Crippen molar-refractivity contribution in [1.29, 1.82) is 0 Å². The summed E-state index contributed by atoms with van der Waals surface area (Å²) in [7, 11) is 0. The molecule has 0 radical (unpaired) electrons. The predicted molar refractivity (Wildman–Crippen MR) is 150 cm³/mol. The van der Waals surface area contributed by atoms with Gasteiger partial charge in [-0.05, 0) is 62.6 Å². The van der Waals surface area contributed by atoms with E-state index in [9.17, 15) is 14.9 Å². The molecule has 196 valence electrons. The second-order valence-electron chi connectivity index (χ2n) is 9.39. The van der Waals surface area contributed by atoms with Crippen molar-refractivity contribution < 1.29 is 14.5 Å². The van der Waals surface area contributed by atoms with Gasteiger partial charge in [0.15, 0.2) is 0 Å². The molecule has 5 aromatic rings. The second-order valence-corrected chi connectivity index (χ2v) is 9.39. The van der Waals surface area contributed by atoms with Crippen LogP contribution in [-0.4, -0.2) is 25.6 Å². The van der Waals surface area contributed by atoms with E-state index in [1.165, 1.54) is 12.1 Å². The molecule has 9 nitrogen and oxygen atoms in total. The number of pyridine rings is 1. The fourth-order valence-corrected chi connectivity index (χ4v) is 4.43. The van der Waals surface area contributed by atoms with Crippen LogP contribution in [0.5, 0.6) is 11.5 Å². The van der Waals surface area contributed by atoms with E-state index in [1.54, 1.807) is 23.0 Å². The lowest BCUT2D eigenvalue weighted by molar-refractivity contribution is -0.384. The molecule has 0 unspecified atom stereocenters. The maximum Gasteiger partial charge on any atom is 0.275 e. The fraction of sp³-hybridized carbons (Fsp3) is 0.167. The van der Waals surface area contributed by atoms with Crippen molar-refractivity contribution in [1.82, 2.24) is 14.8 Å². The summed E-state index contributed by atoms with van der Waals surface area (Å²) in [6, 6.07) is 17.2. The van der Waals surface area contributed by atoms with E-state index in [4.69, 9.17) is 9.72 Å². The number of amides is 1. The Morgan fingerprint density at radius 3 is 2.62 bits per heavy atom. The Morgan fingerprint density at radius 2 is 1.87 bits per heavy atom. The van der Waals surface area contributed by atoms with Crippen LogP contribution in [0, 0.1) is 30.9 Å². The number of hydrogen-bond acceptors (Lipinski definition) is 6. The van der Waals surface area contributed by atoms with Gasteiger partial charge in [0.05, 0.1) is 39.6 Å². The number of carbonyl (C=O) groups excluding carboxylic acids is 1. The van der Waals surface area contributed by atoms with Crippen molar-refractivity contribution in [3.8, 4) is 22.8 Å². The van der Waals surface area contributed by atoms with Crippen molar-refractivity contribution in [3.63, 3.8) is 0 Å². The molecule has 0 fully saturated rings. The number of nitro groups is 1. The minimum atomic E-state index is -0.512. The summed E-state index contributed by atoms with van der Waals surface area (Å²) in [5.74, 6) is 0.425. The molecule has 0 aliphatic rings. The van der Waals surface area contributed by atoms with Gasteiger partial charge in [-0.3, -0.25) is 19.6 Å². The summed E-state index contributed by atoms with van der Waals surface area (Å²) < 4.78 is 7.86. The first-order valence-corrected chi connectivity index (χ1v) is 12.5. The topological polar surface area (TPSA) is 112 Å². The summed E-state index contributed by atoms with van der Waals surface area (Å²) in [6.45, 7) is 8.57. The minimum Gasteiger partial charge on any atom is -0.457 e. The number of rotatable bonds is 7. The zero-order valence-electron chi connectivity index (χ0n) is 22.1. The van der Waals surface area contributed by atoms with Crippen LogP contribution in [0.15, 0.2) is 73.1 Å². The number of non-ortho nitro benzene ring substituents is 1. The van der Waals surface area contributed by atoms with Gasteiger partial charge in [-0.1, -0.05) is 24.3 Å². The molecule has 2 heterocycles. The van der Waals surface area contributed by atoms with Gasteiger partial charge in [-0.15, -0.1) is 0 Å². The van der Waals surface area contributed by atoms with Gasteiger partial charge in [0, 0.05) is 35.8 Å². The Balaban J connectivity index is 1.53. The Labute approximate surface area is 225 Å². The Kier molecular flexibility index (Phi) is 6.81. The third kappa shape index (κ3) is 5.33. The van der Waals surface area contributed by atoms with Crippen LogP contribution in [0.1, 0.15) is 34.0 Å². The zero-order valence-corrected chi connectivity index (χ0v) is 22.1. The number of nitrogens with zero attached hydrogens (tertiary/aromatic N) is 4. The highest BCUT2D eigenvalue weighted by molar-refractivity contribution is 6.13. The maximum absolute atomic E-state index is 13.6. The van der Waals surface area contributed by atoms with Crippen LogP contribution >= 0.6 is 0 Å². The number of para-hydroxylation sites is 1. The Hall–Kier alpha value is -5.05. The number of carbonyl (C=O) groups is 1. The summed E-state index contributed by atoms with van der Waals surface area (Å²) in [4.78, 5) is 29.5. The summed E-state index contributed by atoms with van der Waals surface area (Å²) >= 11 is 0. The first-order valence-electron chi connectivity index (χ1n) is 12.5. The molecular formula is C30H27N5O4. The molecule has 2 aromatic heterocycles. The molecular weight excluding hydrogens is 494 g/mol. The molecule has 0 saturated carbocycles. The van der Waals surface area contributed by atoms with E-state index < -0.39 is 10.8 Å². The molecule has 0 saturated heterocycles. The van der Waals surface area contributed by atoms with Gasteiger partial charge in [0.1, 0.15) is 11.5 Å². The molecule has 0 bridgehead atoms. The molecule has 1 amide bonds. The highest BCUT2D eigenvalue weighted by atomic mass is 16.6. The number of aromatic nitrogens is 3. The fourth-order valence-electron chi connectivity index (χ4n) is 4.43. The smallest absolute Gasteiger partial charge is 0.275 e. The van der Waals surface area contributed by atoms with Gasteiger partial charge in [0.2, 0.25) is 0 Å². The Bertz CT molecular complexity index is 1740. The average molecular weight is 522 g/mol. The quantitative estimate of drug-likeness (QED) is 0.182. The molecule has 0 aliphatic heterocycles. The van der Waals surface area contributed by atoms with E-state index in [0.717, 1.165) is 22.3 Å². The van der Waals surface area contributed by atoms with Crippen LogP contribution in [0.2, 0.25) is 0 Å². The summed E-state index contributed by atoms with van der Waals surface area (Å²) in [5, 5.41) is 19.5. The zero-order chi connectivity index (χ0) is 27.7.